The van der Waals surface area contributed by atoms with Gasteiger partial charge < -0.3 is 5.32 Å². The number of nitrogens with one attached hydrogen (secondary N) is 1. The third-order valence-corrected chi connectivity index (χ3v) is 2.48. The van der Waals surface area contributed by atoms with Crippen LogP contribution in [0.3, 0.4) is 0 Å². The Morgan fingerprint density at radius 3 is 3.22 bits per heavy atom. The molecule has 0 amide bonds. The van der Waals surface area contributed by atoms with Crippen LogP contribution in [0.4, 0.5) is 0 Å². The second-order valence-corrected chi connectivity index (χ2v) is 3.09. The molecule has 1 nitrogen and oxygen atoms in total. The lowest BCUT2D eigenvalue weighted by molar-refractivity contribution is 0.442. The van der Waals surface area contributed by atoms with E-state index in [0.29, 0.717) is 0 Å². The zero-order valence-corrected chi connectivity index (χ0v) is 5.64. The molecule has 9 heavy (non-hydrogen) atoms. The van der Waals surface area contributed by atoms with Crippen LogP contribution >= 0.6 is 0 Å². The molecule has 1 fully saturated rings. The Labute approximate surface area is 56.1 Å². The van der Waals surface area contributed by atoms with Crippen LogP contribution in [0.25, 0.3) is 0 Å². The van der Waals surface area contributed by atoms with Crippen LogP contribution in [0.1, 0.15) is 12.8 Å². The van der Waals surface area contributed by atoms with Crippen LogP contribution < -0.4 is 5.32 Å². The van der Waals surface area contributed by atoms with Gasteiger partial charge in [-0.3, -0.25) is 0 Å². The number of allylic oxidation sites excluding steroid dienone is 1. The van der Waals surface area contributed by atoms with Crippen molar-refractivity contribution in [2.75, 3.05) is 13.1 Å². The molecule has 50 valence electrons. The van der Waals surface area contributed by atoms with Crippen molar-refractivity contribution in [2.45, 2.75) is 12.8 Å². The molecule has 0 radical (unpaired) electrons. The first-order valence-electron chi connectivity index (χ1n) is 3.84. The predicted octanol–water partition coefficient (Wildman–Crippen LogP) is 1.17. The molecule has 0 aromatic heterocycles. The lowest BCUT2D eigenvalue weighted by Crippen LogP contribution is -2.12. The summed E-state index contributed by atoms with van der Waals surface area (Å²) in [5, 5.41) is 3.41. The standard InChI is InChI=1S/C8H13N/c1-2-4-8-6-9-5-7(8)3-1/h1,3,7-9H,2,4-6H2/t7-,8+/m0/s1. The Balaban J connectivity index is 2.10. The van der Waals surface area contributed by atoms with Crippen molar-refractivity contribution in [3.63, 3.8) is 0 Å². The van der Waals surface area contributed by atoms with Crippen molar-refractivity contribution in [3.05, 3.63) is 12.2 Å². The fraction of sp³-hybridized carbons (Fsp3) is 0.750. The molecule has 2 atom stereocenters. The summed E-state index contributed by atoms with van der Waals surface area (Å²) < 4.78 is 0. The van der Waals surface area contributed by atoms with Crippen molar-refractivity contribution in [2.24, 2.45) is 11.8 Å². The topological polar surface area (TPSA) is 12.0 Å². The molecule has 1 heterocycles. The highest BCUT2D eigenvalue weighted by molar-refractivity contribution is 5.01. The molecule has 0 saturated carbocycles. The van der Waals surface area contributed by atoms with Crippen molar-refractivity contribution < 1.29 is 0 Å². The van der Waals surface area contributed by atoms with E-state index in [-0.39, 0.29) is 0 Å². The summed E-state index contributed by atoms with van der Waals surface area (Å²) >= 11 is 0. The van der Waals surface area contributed by atoms with E-state index in [9.17, 15) is 0 Å². The van der Waals surface area contributed by atoms with Gasteiger partial charge in [-0.15, -0.1) is 0 Å². The number of fused-ring (bicyclic) bond motifs is 1. The van der Waals surface area contributed by atoms with Gasteiger partial charge in [-0.2, -0.15) is 0 Å². The summed E-state index contributed by atoms with van der Waals surface area (Å²) in [5.74, 6) is 1.84. The smallest absolute Gasteiger partial charge is 0.00174 e. The van der Waals surface area contributed by atoms with E-state index >= 15 is 0 Å². The zero-order valence-electron chi connectivity index (χ0n) is 5.64. The molecular weight excluding hydrogens is 110 g/mol. The van der Waals surface area contributed by atoms with Gasteiger partial charge in [-0.1, -0.05) is 12.2 Å². The zero-order chi connectivity index (χ0) is 6.10. The number of hydrogen-bond donors (Lipinski definition) is 1. The predicted molar refractivity (Wildman–Crippen MR) is 38.2 cm³/mol. The van der Waals surface area contributed by atoms with Gasteiger partial charge >= 0.3 is 0 Å². The average Bonchev–Trinajstić information content (AvgIpc) is 2.33. The average molecular weight is 123 g/mol. The first-order valence-corrected chi connectivity index (χ1v) is 3.84. The molecule has 0 aromatic rings. The molecule has 0 spiro atoms. The molecule has 1 N–H and O–H groups in total. The summed E-state index contributed by atoms with van der Waals surface area (Å²) in [7, 11) is 0. The second-order valence-electron chi connectivity index (χ2n) is 3.09. The third kappa shape index (κ3) is 0.897. The Hall–Kier alpha value is -0.300. The van der Waals surface area contributed by atoms with Gasteiger partial charge in [-0.05, 0) is 31.2 Å². The van der Waals surface area contributed by atoms with Gasteiger partial charge in [0.15, 0.2) is 0 Å². The lowest BCUT2D eigenvalue weighted by Gasteiger charge is -2.17. The van der Waals surface area contributed by atoms with Gasteiger partial charge in [-0.25, -0.2) is 0 Å². The fourth-order valence-electron chi connectivity index (χ4n) is 1.88. The quantitative estimate of drug-likeness (QED) is 0.477. The van der Waals surface area contributed by atoms with Crippen LogP contribution in [-0.2, 0) is 0 Å². The first-order chi connectivity index (χ1) is 4.47. The van der Waals surface area contributed by atoms with Gasteiger partial charge in [0.25, 0.3) is 0 Å². The SMILES string of the molecule is C1=C[C@H]2CNC[C@H]2CC1. The van der Waals surface area contributed by atoms with E-state index < -0.39 is 0 Å². The minimum Gasteiger partial charge on any atom is -0.316 e. The number of rotatable bonds is 0. The van der Waals surface area contributed by atoms with E-state index in [1.54, 1.807) is 0 Å². The normalized spacial score (nSPS) is 40.9. The Morgan fingerprint density at radius 2 is 2.33 bits per heavy atom. The van der Waals surface area contributed by atoms with Crippen molar-refractivity contribution >= 4 is 0 Å². The summed E-state index contributed by atoms with van der Waals surface area (Å²) in [6.07, 6.45) is 7.43. The minimum absolute atomic E-state index is 0.874. The Kier molecular flexibility index (Phi) is 1.31. The van der Waals surface area contributed by atoms with Gasteiger partial charge in [0.2, 0.25) is 0 Å². The van der Waals surface area contributed by atoms with E-state index in [1.165, 1.54) is 25.9 Å². The monoisotopic (exact) mass is 123 g/mol. The molecule has 1 saturated heterocycles. The molecule has 1 aliphatic carbocycles. The molecule has 0 aromatic carbocycles. The summed E-state index contributed by atoms with van der Waals surface area (Å²) in [5.41, 5.74) is 0. The van der Waals surface area contributed by atoms with E-state index in [4.69, 9.17) is 0 Å². The Morgan fingerprint density at radius 1 is 1.33 bits per heavy atom. The maximum absolute atomic E-state index is 3.41. The first kappa shape index (κ1) is 5.48. The van der Waals surface area contributed by atoms with Gasteiger partial charge in [0.05, 0.1) is 0 Å². The highest BCUT2D eigenvalue weighted by Gasteiger charge is 2.25. The molecule has 1 aliphatic heterocycles. The van der Waals surface area contributed by atoms with E-state index in [2.05, 4.69) is 17.5 Å². The summed E-state index contributed by atoms with van der Waals surface area (Å²) in [4.78, 5) is 0. The van der Waals surface area contributed by atoms with E-state index in [0.717, 1.165) is 11.8 Å². The van der Waals surface area contributed by atoms with Gasteiger partial charge in [0, 0.05) is 6.54 Å². The van der Waals surface area contributed by atoms with Crippen LogP contribution in [0.2, 0.25) is 0 Å². The summed E-state index contributed by atoms with van der Waals surface area (Å²) in [6, 6.07) is 0. The van der Waals surface area contributed by atoms with Crippen LogP contribution in [0.5, 0.6) is 0 Å². The molecule has 0 bridgehead atoms. The third-order valence-electron chi connectivity index (χ3n) is 2.48. The van der Waals surface area contributed by atoms with Crippen molar-refractivity contribution in [3.8, 4) is 0 Å². The summed E-state index contributed by atoms with van der Waals surface area (Å²) in [6.45, 7) is 2.48. The molecular formula is C8H13N. The lowest BCUT2D eigenvalue weighted by atomic mass is 9.87. The molecule has 1 heteroatoms. The van der Waals surface area contributed by atoms with Crippen LogP contribution in [0.15, 0.2) is 12.2 Å². The largest absolute Gasteiger partial charge is 0.316 e. The maximum Gasteiger partial charge on any atom is 0.00174 e. The minimum atomic E-state index is 0.874. The van der Waals surface area contributed by atoms with Crippen molar-refractivity contribution in [1.82, 2.24) is 5.32 Å². The van der Waals surface area contributed by atoms with Crippen molar-refractivity contribution in [1.29, 1.82) is 0 Å². The fourth-order valence-corrected chi connectivity index (χ4v) is 1.88. The van der Waals surface area contributed by atoms with Crippen LogP contribution in [0, 0.1) is 11.8 Å². The van der Waals surface area contributed by atoms with E-state index in [1.807, 2.05) is 0 Å². The molecule has 2 rings (SSSR count). The maximum atomic E-state index is 3.41. The van der Waals surface area contributed by atoms with Gasteiger partial charge in [0.1, 0.15) is 0 Å². The highest BCUT2D eigenvalue weighted by Crippen LogP contribution is 2.26. The number of hydrogen-bond acceptors (Lipinski definition) is 1. The Bertz CT molecular complexity index is 129. The molecule has 2 aliphatic rings. The molecule has 0 unspecified atom stereocenters. The highest BCUT2D eigenvalue weighted by atomic mass is 14.9. The second kappa shape index (κ2) is 2.14. The van der Waals surface area contributed by atoms with Crippen LogP contribution in [-0.4, -0.2) is 13.1 Å².